The van der Waals surface area contributed by atoms with Crippen molar-refractivity contribution in [1.82, 2.24) is 5.32 Å². The van der Waals surface area contributed by atoms with Crippen LogP contribution in [-0.2, 0) is 4.79 Å². The van der Waals surface area contributed by atoms with Crippen molar-refractivity contribution in [3.05, 3.63) is 0 Å². The highest BCUT2D eigenvalue weighted by molar-refractivity contribution is 8.77. The lowest BCUT2D eigenvalue weighted by molar-refractivity contribution is -0.121. The maximum absolute atomic E-state index is 11.5. The van der Waals surface area contributed by atoms with Gasteiger partial charge in [-0.05, 0) is 20.3 Å². The van der Waals surface area contributed by atoms with Gasteiger partial charge in [0.15, 0.2) is 0 Å². The Morgan fingerprint density at radius 3 is 2.50 bits per heavy atom. The van der Waals surface area contributed by atoms with E-state index in [1.54, 1.807) is 0 Å². The first-order chi connectivity index (χ1) is 7.52. The first-order valence-corrected chi connectivity index (χ1v) is 8.41. The molecule has 0 bridgehead atoms. The molecule has 0 aliphatic heterocycles. The molecule has 1 amide bonds. The number of nitrogens with one attached hydrogen (secondary N) is 1. The first-order valence-electron chi connectivity index (χ1n) is 6.09. The third-order valence-electron chi connectivity index (χ3n) is 2.12. The van der Waals surface area contributed by atoms with Gasteiger partial charge in [0, 0.05) is 23.5 Å². The Kier molecular flexibility index (Phi) is 9.32. The average molecular weight is 263 g/mol. The van der Waals surface area contributed by atoms with Crippen molar-refractivity contribution in [3.8, 4) is 0 Å². The summed E-state index contributed by atoms with van der Waals surface area (Å²) in [4.78, 5) is 11.5. The maximum Gasteiger partial charge on any atom is 0.220 e. The van der Waals surface area contributed by atoms with Crippen LogP contribution in [0.15, 0.2) is 0 Å². The van der Waals surface area contributed by atoms with Crippen LogP contribution in [0.1, 0.15) is 53.4 Å². The lowest BCUT2D eigenvalue weighted by atomic mass is 10.2. The van der Waals surface area contributed by atoms with Crippen molar-refractivity contribution in [2.45, 2.75) is 58.1 Å². The molecule has 0 unspecified atom stereocenters. The molecule has 0 radical (unpaired) electrons. The minimum atomic E-state index is 0.126. The van der Waals surface area contributed by atoms with E-state index in [0.29, 0.717) is 6.42 Å². The van der Waals surface area contributed by atoms with Crippen molar-refractivity contribution in [2.75, 3.05) is 12.3 Å². The zero-order valence-electron chi connectivity index (χ0n) is 11.0. The lowest BCUT2D eigenvalue weighted by Gasteiger charge is -2.23. The number of rotatable bonds is 9. The van der Waals surface area contributed by atoms with Crippen molar-refractivity contribution >= 4 is 27.5 Å². The Hall–Kier alpha value is 0.170. The van der Waals surface area contributed by atoms with Gasteiger partial charge in [0.05, 0.1) is 0 Å². The van der Waals surface area contributed by atoms with E-state index in [4.69, 9.17) is 0 Å². The zero-order chi connectivity index (χ0) is 12.4. The minimum Gasteiger partial charge on any atom is -0.355 e. The number of amides is 1. The van der Waals surface area contributed by atoms with Gasteiger partial charge >= 0.3 is 0 Å². The summed E-state index contributed by atoms with van der Waals surface area (Å²) in [5.74, 6) is 1.31. The van der Waals surface area contributed by atoms with Crippen molar-refractivity contribution in [1.29, 1.82) is 0 Å². The van der Waals surface area contributed by atoms with Crippen LogP contribution in [0.3, 0.4) is 0 Å². The lowest BCUT2D eigenvalue weighted by Crippen LogP contribution is -2.35. The Morgan fingerprint density at radius 2 is 1.94 bits per heavy atom. The number of carbonyl (C=O) groups is 1. The first kappa shape index (κ1) is 16.2. The number of hydrogen-bond acceptors (Lipinski definition) is 3. The van der Waals surface area contributed by atoms with E-state index in [-0.39, 0.29) is 10.7 Å². The highest BCUT2D eigenvalue weighted by atomic mass is 33.1. The van der Waals surface area contributed by atoms with Gasteiger partial charge in [-0.2, -0.15) is 0 Å². The number of unbranched alkanes of at least 4 members (excludes halogenated alkanes) is 2. The van der Waals surface area contributed by atoms with Crippen LogP contribution in [0, 0.1) is 0 Å². The van der Waals surface area contributed by atoms with Gasteiger partial charge in [0.2, 0.25) is 5.91 Å². The van der Waals surface area contributed by atoms with E-state index in [2.05, 4.69) is 33.0 Å². The van der Waals surface area contributed by atoms with Crippen LogP contribution in [0.4, 0.5) is 0 Å². The van der Waals surface area contributed by atoms with Crippen LogP contribution in [0.25, 0.3) is 0 Å². The van der Waals surface area contributed by atoms with Gasteiger partial charge in [-0.15, -0.1) is 0 Å². The van der Waals surface area contributed by atoms with Gasteiger partial charge < -0.3 is 5.32 Å². The average Bonchev–Trinajstić information content (AvgIpc) is 2.24. The molecule has 0 aliphatic carbocycles. The fraction of sp³-hybridized carbons (Fsp3) is 0.917. The van der Waals surface area contributed by atoms with Gasteiger partial charge in [0.1, 0.15) is 0 Å². The molecule has 0 saturated heterocycles. The molecule has 0 fully saturated rings. The van der Waals surface area contributed by atoms with E-state index in [0.717, 1.165) is 25.1 Å². The van der Waals surface area contributed by atoms with Gasteiger partial charge in [0.25, 0.3) is 0 Å². The largest absolute Gasteiger partial charge is 0.355 e. The second-order valence-electron chi connectivity index (χ2n) is 4.48. The quantitative estimate of drug-likeness (QED) is 0.506. The SMILES string of the molecule is CCCCCC(=O)NCC(C)(C)SSCC. The third-order valence-corrected chi connectivity index (χ3v) is 5.48. The summed E-state index contributed by atoms with van der Waals surface area (Å²) >= 11 is 0. The molecule has 2 nitrogen and oxygen atoms in total. The van der Waals surface area contributed by atoms with E-state index in [1.165, 1.54) is 6.42 Å². The number of carbonyl (C=O) groups excluding carboxylic acids is 1. The Balaban J connectivity index is 3.64. The zero-order valence-corrected chi connectivity index (χ0v) is 12.6. The molecule has 1 N–H and O–H groups in total. The van der Waals surface area contributed by atoms with E-state index < -0.39 is 0 Å². The van der Waals surface area contributed by atoms with Gasteiger partial charge in [-0.3, -0.25) is 4.79 Å². The summed E-state index contributed by atoms with van der Waals surface area (Å²) in [6.07, 6.45) is 4.01. The Labute approximate surface area is 108 Å². The fourth-order valence-corrected chi connectivity index (χ4v) is 3.24. The van der Waals surface area contributed by atoms with E-state index in [1.807, 2.05) is 21.6 Å². The Morgan fingerprint density at radius 1 is 1.25 bits per heavy atom. The standard InChI is InChI=1S/C12H25NOS2/c1-5-7-8-9-11(14)13-10-12(3,4)16-15-6-2/h5-10H2,1-4H3,(H,13,14). The monoisotopic (exact) mass is 263 g/mol. The van der Waals surface area contributed by atoms with E-state index >= 15 is 0 Å². The van der Waals surface area contributed by atoms with Crippen molar-refractivity contribution < 1.29 is 4.79 Å². The molecule has 0 aromatic heterocycles. The van der Waals surface area contributed by atoms with E-state index in [9.17, 15) is 4.79 Å². The van der Waals surface area contributed by atoms with Gasteiger partial charge in [-0.1, -0.05) is 48.3 Å². The summed E-state index contributed by atoms with van der Waals surface area (Å²) in [7, 11) is 3.70. The smallest absolute Gasteiger partial charge is 0.220 e. The minimum absolute atomic E-state index is 0.126. The molecule has 0 aromatic carbocycles. The summed E-state index contributed by atoms with van der Waals surface area (Å²) < 4.78 is 0.126. The fourth-order valence-electron chi connectivity index (χ4n) is 1.18. The van der Waals surface area contributed by atoms with Crippen molar-refractivity contribution in [3.63, 3.8) is 0 Å². The predicted molar refractivity (Wildman–Crippen MR) is 77.0 cm³/mol. The third kappa shape index (κ3) is 9.40. The van der Waals surface area contributed by atoms with Crippen LogP contribution in [-0.4, -0.2) is 23.0 Å². The molecular weight excluding hydrogens is 238 g/mol. The second kappa shape index (κ2) is 9.23. The maximum atomic E-state index is 11.5. The molecule has 0 aliphatic rings. The summed E-state index contributed by atoms with van der Waals surface area (Å²) in [5.41, 5.74) is 0. The summed E-state index contributed by atoms with van der Waals surface area (Å²) in [6.45, 7) is 9.41. The summed E-state index contributed by atoms with van der Waals surface area (Å²) in [6, 6.07) is 0. The molecule has 96 valence electrons. The predicted octanol–water partition coefficient (Wildman–Crippen LogP) is 3.86. The number of hydrogen-bond donors (Lipinski definition) is 1. The summed E-state index contributed by atoms with van der Waals surface area (Å²) in [5, 5.41) is 3.02. The van der Waals surface area contributed by atoms with Crippen LogP contribution in [0.2, 0.25) is 0 Å². The Bertz CT molecular complexity index is 195. The highest BCUT2D eigenvalue weighted by Gasteiger charge is 2.19. The molecule has 0 rings (SSSR count). The normalized spacial score (nSPS) is 11.5. The topological polar surface area (TPSA) is 29.1 Å². The molecule has 0 atom stereocenters. The van der Waals surface area contributed by atoms with Gasteiger partial charge in [-0.25, -0.2) is 0 Å². The van der Waals surface area contributed by atoms with Crippen LogP contribution in [0.5, 0.6) is 0 Å². The molecule has 0 spiro atoms. The molecule has 16 heavy (non-hydrogen) atoms. The molecule has 0 aromatic rings. The molecular formula is C12H25NOS2. The molecule has 0 heterocycles. The molecule has 0 saturated carbocycles. The van der Waals surface area contributed by atoms with Crippen LogP contribution >= 0.6 is 21.6 Å². The highest BCUT2D eigenvalue weighted by Crippen LogP contribution is 2.34. The second-order valence-corrected chi connectivity index (χ2v) is 7.78. The van der Waals surface area contributed by atoms with Crippen molar-refractivity contribution in [2.24, 2.45) is 0 Å². The van der Waals surface area contributed by atoms with Crippen LogP contribution < -0.4 is 5.32 Å². The molecule has 4 heteroatoms.